The number of para-hydroxylation sites is 1. The van der Waals surface area contributed by atoms with Crippen molar-refractivity contribution < 1.29 is 19.4 Å². The van der Waals surface area contributed by atoms with Gasteiger partial charge in [-0.05, 0) is 74.4 Å². The molecule has 1 atom stereocenters. The highest BCUT2D eigenvalue weighted by molar-refractivity contribution is 8.00. The van der Waals surface area contributed by atoms with Crippen LogP contribution in [0.15, 0.2) is 90.0 Å². The van der Waals surface area contributed by atoms with Gasteiger partial charge in [-0.25, -0.2) is 0 Å². The van der Waals surface area contributed by atoms with Crippen molar-refractivity contribution in [1.29, 1.82) is 0 Å². The maximum Gasteiger partial charge on any atom is 0.317 e. The largest absolute Gasteiger partial charge is 0.491 e. The van der Waals surface area contributed by atoms with Crippen LogP contribution >= 0.6 is 11.8 Å². The van der Waals surface area contributed by atoms with E-state index < -0.39 is 11.2 Å². The first-order valence-corrected chi connectivity index (χ1v) is 12.1. The first-order chi connectivity index (χ1) is 16.5. The monoisotopic (exact) mass is 473 g/mol. The van der Waals surface area contributed by atoms with Crippen molar-refractivity contribution in [3.8, 4) is 11.5 Å². The summed E-state index contributed by atoms with van der Waals surface area (Å²) >= 11 is 1.34. The first kappa shape index (κ1) is 23.6. The Labute approximate surface area is 203 Å². The Morgan fingerprint density at radius 2 is 1.65 bits per heavy atom. The van der Waals surface area contributed by atoms with E-state index in [4.69, 9.17) is 9.47 Å². The maximum absolute atomic E-state index is 11.9. The Bertz CT molecular complexity index is 1240. The topological polar surface area (TPSA) is 68.7 Å². The summed E-state index contributed by atoms with van der Waals surface area (Å²) in [7, 11) is 0. The van der Waals surface area contributed by atoms with Gasteiger partial charge in [0.2, 0.25) is 0 Å². The molecule has 34 heavy (non-hydrogen) atoms. The van der Waals surface area contributed by atoms with E-state index in [1.807, 2.05) is 92.8 Å². The highest BCUT2D eigenvalue weighted by Gasteiger charge is 2.20. The summed E-state index contributed by atoms with van der Waals surface area (Å²) in [5.41, 5.74) is 2.90. The number of aliphatic carboxylic acids is 1. The molecule has 5 nitrogen and oxygen atoms in total. The van der Waals surface area contributed by atoms with Crippen LogP contribution in [0.25, 0.3) is 10.9 Å². The van der Waals surface area contributed by atoms with E-state index >= 15 is 0 Å². The zero-order valence-electron chi connectivity index (χ0n) is 19.2. The molecular formula is C28H27NO4S. The molecule has 0 fully saturated rings. The number of fused-ring (bicyclic) bond motifs is 1. The van der Waals surface area contributed by atoms with Crippen LogP contribution in [-0.4, -0.2) is 27.4 Å². The molecule has 1 heterocycles. The fourth-order valence-corrected chi connectivity index (χ4v) is 4.51. The van der Waals surface area contributed by atoms with Gasteiger partial charge in [-0.2, -0.15) is 0 Å². The number of benzene rings is 3. The third kappa shape index (κ3) is 6.51. The summed E-state index contributed by atoms with van der Waals surface area (Å²) < 4.78 is 11.6. The molecule has 0 amide bonds. The number of carboxylic acids is 1. The molecule has 4 rings (SSSR count). The van der Waals surface area contributed by atoms with E-state index in [1.54, 1.807) is 0 Å². The summed E-state index contributed by atoms with van der Waals surface area (Å²) in [5, 5.41) is 10.2. The number of nitrogens with zero attached hydrogens (tertiary/aromatic N) is 1. The van der Waals surface area contributed by atoms with Gasteiger partial charge in [0.05, 0.1) is 11.6 Å². The summed E-state index contributed by atoms with van der Waals surface area (Å²) in [6.45, 7) is 4.36. The van der Waals surface area contributed by atoms with Gasteiger partial charge in [-0.3, -0.25) is 9.78 Å². The van der Waals surface area contributed by atoms with Crippen LogP contribution in [0.1, 0.15) is 25.0 Å². The molecule has 0 aliphatic carbocycles. The van der Waals surface area contributed by atoms with Gasteiger partial charge in [0.25, 0.3) is 0 Å². The molecule has 0 aliphatic rings. The third-order valence-electron chi connectivity index (χ3n) is 5.15. The molecule has 0 aliphatic heterocycles. The Balaban J connectivity index is 1.34. The average Bonchev–Trinajstić information content (AvgIpc) is 2.84. The van der Waals surface area contributed by atoms with E-state index in [-0.39, 0.29) is 6.10 Å². The van der Waals surface area contributed by atoms with Gasteiger partial charge in [0.1, 0.15) is 23.4 Å². The van der Waals surface area contributed by atoms with E-state index in [0.717, 1.165) is 38.4 Å². The second-order valence-corrected chi connectivity index (χ2v) is 9.53. The number of aromatic nitrogens is 1. The Kier molecular flexibility index (Phi) is 7.70. The van der Waals surface area contributed by atoms with Crippen LogP contribution in [0.4, 0.5) is 0 Å². The highest BCUT2D eigenvalue weighted by atomic mass is 32.2. The number of thioether (sulfide) groups is 1. The van der Waals surface area contributed by atoms with Crippen LogP contribution in [-0.2, 0) is 17.8 Å². The van der Waals surface area contributed by atoms with Gasteiger partial charge in [0.15, 0.2) is 0 Å². The van der Waals surface area contributed by atoms with Crippen molar-refractivity contribution in [3.05, 3.63) is 96.2 Å². The SMILES string of the molecule is CC(C)Oc1ccc(SC(Cc2ccc(OCc3cnc4ccccc4c3)cc2)C(=O)O)cc1. The molecule has 174 valence electrons. The van der Waals surface area contributed by atoms with Crippen LogP contribution in [0.3, 0.4) is 0 Å². The second-order valence-electron chi connectivity index (χ2n) is 8.26. The fraction of sp³-hybridized carbons (Fsp3) is 0.214. The van der Waals surface area contributed by atoms with Gasteiger partial charge in [0, 0.05) is 22.0 Å². The van der Waals surface area contributed by atoms with Crippen molar-refractivity contribution in [3.63, 3.8) is 0 Å². The lowest BCUT2D eigenvalue weighted by Crippen LogP contribution is -2.19. The summed E-state index contributed by atoms with van der Waals surface area (Å²) in [6, 6.07) is 25.2. The highest BCUT2D eigenvalue weighted by Crippen LogP contribution is 2.29. The summed E-state index contributed by atoms with van der Waals surface area (Å²) in [6.07, 6.45) is 2.34. The maximum atomic E-state index is 11.9. The minimum absolute atomic E-state index is 0.0986. The second kappa shape index (κ2) is 11.1. The average molecular weight is 474 g/mol. The number of hydrogen-bond acceptors (Lipinski definition) is 5. The van der Waals surface area contributed by atoms with Crippen LogP contribution in [0.5, 0.6) is 11.5 Å². The van der Waals surface area contributed by atoms with E-state index in [2.05, 4.69) is 11.1 Å². The van der Waals surface area contributed by atoms with Crippen molar-refractivity contribution in [2.45, 2.75) is 43.1 Å². The van der Waals surface area contributed by atoms with E-state index in [0.29, 0.717) is 13.0 Å². The molecule has 0 saturated carbocycles. The van der Waals surface area contributed by atoms with E-state index in [1.165, 1.54) is 11.8 Å². The molecule has 0 saturated heterocycles. The fourth-order valence-electron chi connectivity index (χ4n) is 3.51. The number of carbonyl (C=O) groups is 1. The number of rotatable bonds is 10. The number of ether oxygens (including phenoxy) is 2. The van der Waals surface area contributed by atoms with Crippen LogP contribution < -0.4 is 9.47 Å². The lowest BCUT2D eigenvalue weighted by atomic mass is 10.1. The smallest absolute Gasteiger partial charge is 0.317 e. The Morgan fingerprint density at radius 1 is 0.941 bits per heavy atom. The molecule has 3 aromatic carbocycles. The van der Waals surface area contributed by atoms with Crippen LogP contribution in [0, 0.1) is 0 Å². The molecule has 0 bridgehead atoms. The molecule has 1 N–H and O–H groups in total. The zero-order valence-corrected chi connectivity index (χ0v) is 20.0. The molecular weight excluding hydrogens is 446 g/mol. The normalized spacial score (nSPS) is 12.0. The van der Waals surface area contributed by atoms with Crippen LogP contribution in [0.2, 0.25) is 0 Å². The first-order valence-electron chi connectivity index (χ1n) is 11.2. The number of hydrogen-bond donors (Lipinski definition) is 1. The minimum Gasteiger partial charge on any atom is -0.491 e. The molecule has 6 heteroatoms. The van der Waals surface area contributed by atoms with E-state index in [9.17, 15) is 9.90 Å². The third-order valence-corrected chi connectivity index (χ3v) is 6.34. The lowest BCUT2D eigenvalue weighted by Gasteiger charge is -2.14. The standard InChI is InChI=1S/C28H27NO4S/c1-19(2)33-24-11-13-25(14-12-24)34-27(28(30)31)16-20-7-9-23(10-8-20)32-18-21-15-22-5-3-4-6-26(22)29-17-21/h3-15,17,19,27H,16,18H2,1-2H3,(H,30,31). The Hall–Kier alpha value is -3.51. The summed E-state index contributed by atoms with van der Waals surface area (Å²) in [4.78, 5) is 17.2. The zero-order chi connectivity index (χ0) is 23.9. The molecule has 4 aromatic rings. The predicted molar refractivity (Wildman–Crippen MR) is 136 cm³/mol. The quantitative estimate of drug-likeness (QED) is 0.269. The molecule has 1 aromatic heterocycles. The van der Waals surface area contributed by atoms with Crippen molar-refractivity contribution >= 4 is 28.6 Å². The van der Waals surface area contributed by atoms with Crippen molar-refractivity contribution in [2.24, 2.45) is 0 Å². The van der Waals surface area contributed by atoms with Gasteiger partial charge in [-0.15, -0.1) is 11.8 Å². The predicted octanol–water partition coefficient (Wildman–Crippen LogP) is 6.39. The molecule has 0 radical (unpaired) electrons. The molecule has 1 unspecified atom stereocenters. The molecule has 0 spiro atoms. The lowest BCUT2D eigenvalue weighted by molar-refractivity contribution is -0.136. The van der Waals surface area contributed by atoms with Gasteiger partial charge < -0.3 is 14.6 Å². The minimum atomic E-state index is -0.836. The van der Waals surface area contributed by atoms with Crippen molar-refractivity contribution in [1.82, 2.24) is 4.98 Å². The Morgan fingerprint density at radius 3 is 2.35 bits per heavy atom. The van der Waals surface area contributed by atoms with Gasteiger partial charge in [-0.1, -0.05) is 30.3 Å². The summed E-state index contributed by atoms with van der Waals surface area (Å²) in [5.74, 6) is 0.676. The number of carboxylic acid groups (broad SMARTS) is 1. The number of pyridine rings is 1. The van der Waals surface area contributed by atoms with Crippen molar-refractivity contribution in [2.75, 3.05) is 0 Å². The van der Waals surface area contributed by atoms with Gasteiger partial charge >= 0.3 is 5.97 Å².